The quantitative estimate of drug-likeness (QED) is 0.931. The summed E-state index contributed by atoms with van der Waals surface area (Å²) in [4.78, 5) is 0. The molecule has 1 aromatic carbocycles. The summed E-state index contributed by atoms with van der Waals surface area (Å²) >= 11 is 3.62. The summed E-state index contributed by atoms with van der Waals surface area (Å²) in [6, 6.07) is 8.58. The molecule has 3 nitrogen and oxygen atoms in total. The van der Waals surface area contributed by atoms with E-state index in [9.17, 15) is 0 Å². The summed E-state index contributed by atoms with van der Waals surface area (Å²) in [7, 11) is 0. The first-order chi connectivity index (χ1) is 8.99. The lowest BCUT2D eigenvalue weighted by molar-refractivity contribution is 0.522. The van der Waals surface area contributed by atoms with E-state index < -0.39 is 0 Å². The van der Waals surface area contributed by atoms with Gasteiger partial charge in [0, 0.05) is 29.2 Å². The van der Waals surface area contributed by atoms with Crippen molar-refractivity contribution in [3.8, 4) is 0 Å². The molecule has 2 rings (SSSR count). The minimum atomic E-state index is -0.0372. The van der Waals surface area contributed by atoms with Gasteiger partial charge in [-0.2, -0.15) is 5.10 Å². The molecule has 0 aliphatic rings. The molecule has 19 heavy (non-hydrogen) atoms. The third kappa shape index (κ3) is 3.25. The molecule has 0 spiro atoms. The predicted molar refractivity (Wildman–Crippen MR) is 82.1 cm³/mol. The van der Waals surface area contributed by atoms with Gasteiger partial charge in [0.15, 0.2) is 0 Å². The molecule has 102 valence electrons. The number of aromatic nitrogens is 2. The van der Waals surface area contributed by atoms with Crippen LogP contribution in [0.2, 0.25) is 0 Å². The maximum absolute atomic E-state index is 6.30. The van der Waals surface area contributed by atoms with E-state index >= 15 is 0 Å². The van der Waals surface area contributed by atoms with Crippen LogP contribution in [0, 0.1) is 6.92 Å². The largest absolute Gasteiger partial charge is 0.324 e. The number of nitrogens with zero attached hydrogens (tertiary/aromatic N) is 2. The zero-order valence-corrected chi connectivity index (χ0v) is 13.2. The van der Waals surface area contributed by atoms with Gasteiger partial charge in [-0.1, -0.05) is 34.1 Å². The summed E-state index contributed by atoms with van der Waals surface area (Å²) in [5.41, 5.74) is 9.69. The van der Waals surface area contributed by atoms with Gasteiger partial charge in [-0.25, -0.2) is 0 Å². The molecular formula is C15H20BrN3. The van der Waals surface area contributed by atoms with Crippen LogP contribution in [-0.2, 0) is 6.42 Å². The average molecular weight is 322 g/mol. The number of benzene rings is 1. The fraction of sp³-hybridized carbons (Fsp3) is 0.400. The van der Waals surface area contributed by atoms with Gasteiger partial charge in [0.1, 0.15) is 0 Å². The molecule has 0 aliphatic heterocycles. The van der Waals surface area contributed by atoms with Gasteiger partial charge in [-0.05, 0) is 38.0 Å². The molecule has 2 aromatic rings. The van der Waals surface area contributed by atoms with Crippen LogP contribution in [0.4, 0.5) is 0 Å². The molecule has 0 bridgehead atoms. The van der Waals surface area contributed by atoms with E-state index in [4.69, 9.17) is 5.73 Å². The first-order valence-corrected chi connectivity index (χ1v) is 7.33. The Labute approximate surface area is 122 Å². The van der Waals surface area contributed by atoms with Gasteiger partial charge in [0.2, 0.25) is 0 Å². The van der Waals surface area contributed by atoms with E-state index in [2.05, 4.69) is 53.9 Å². The molecule has 0 aliphatic carbocycles. The topological polar surface area (TPSA) is 43.8 Å². The summed E-state index contributed by atoms with van der Waals surface area (Å²) in [6.07, 6.45) is 2.76. The Morgan fingerprint density at radius 3 is 2.68 bits per heavy atom. The van der Waals surface area contributed by atoms with Gasteiger partial charge >= 0.3 is 0 Å². The van der Waals surface area contributed by atoms with Crippen molar-refractivity contribution in [1.82, 2.24) is 9.78 Å². The van der Waals surface area contributed by atoms with Crippen molar-refractivity contribution in [2.24, 2.45) is 5.73 Å². The van der Waals surface area contributed by atoms with Crippen molar-refractivity contribution in [2.45, 2.75) is 39.3 Å². The van der Waals surface area contributed by atoms with E-state index in [-0.39, 0.29) is 6.04 Å². The number of halogens is 1. The maximum Gasteiger partial charge on any atom is 0.0643 e. The summed E-state index contributed by atoms with van der Waals surface area (Å²) < 4.78 is 3.07. The highest BCUT2D eigenvalue weighted by Crippen LogP contribution is 2.27. The number of hydrogen-bond acceptors (Lipinski definition) is 2. The van der Waals surface area contributed by atoms with Crippen LogP contribution in [0.15, 0.2) is 34.9 Å². The van der Waals surface area contributed by atoms with Crippen LogP contribution in [-0.4, -0.2) is 9.78 Å². The number of hydrogen-bond donors (Lipinski definition) is 1. The lowest BCUT2D eigenvalue weighted by atomic mass is 10.0. The monoisotopic (exact) mass is 321 g/mol. The van der Waals surface area contributed by atoms with Gasteiger partial charge in [-0.15, -0.1) is 0 Å². The van der Waals surface area contributed by atoms with Crippen LogP contribution in [0.5, 0.6) is 0 Å². The second kappa shape index (κ2) is 5.88. The van der Waals surface area contributed by atoms with E-state index in [1.807, 2.05) is 23.0 Å². The van der Waals surface area contributed by atoms with E-state index in [1.165, 1.54) is 5.56 Å². The molecular weight excluding hydrogens is 302 g/mol. The molecule has 1 atom stereocenters. The van der Waals surface area contributed by atoms with E-state index in [1.54, 1.807) is 0 Å². The van der Waals surface area contributed by atoms with Crippen molar-refractivity contribution < 1.29 is 0 Å². The van der Waals surface area contributed by atoms with Gasteiger partial charge in [0.25, 0.3) is 0 Å². The van der Waals surface area contributed by atoms with Crippen molar-refractivity contribution in [1.29, 1.82) is 0 Å². The molecule has 4 heteroatoms. The first-order valence-electron chi connectivity index (χ1n) is 6.53. The second-order valence-electron chi connectivity index (χ2n) is 5.17. The lowest BCUT2D eigenvalue weighted by Crippen LogP contribution is -2.15. The Kier molecular flexibility index (Phi) is 4.42. The molecule has 2 N–H and O–H groups in total. The van der Waals surface area contributed by atoms with Crippen molar-refractivity contribution in [2.75, 3.05) is 0 Å². The molecule has 0 amide bonds. The summed E-state index contributed by atoms with van der Waals surface area (Å²) in [5.74, 6) is 0. The number of nitrogens with two attached hydrogens (primary N) is 1. The highest BCUT2D eigenvalue weighted by Gasteiger charge is 2.13. The Morgan fingerprint density at radius 2 is 2.05 bits per heavy atom. The van der Waals surface area contributed by atoms with Gasteiger partial charge in [-0.3, -0.25) is 4.68 Å². The SMILES string of the molecule is Cc1cccc(C(N)Cc2ccn(C(C)C)n2)c1Br. The lowest BCUT2D eigenvalue weighted by Gasteiger charge is -2.14. The fourth-order valence-corrected chi connectivity index (χ4v) is 2.62. The van der Waals surface area contributed by atoms with Crippen LogP contribution in [0.25, 0.3) is 0 Å². The third-order valence-electron chi connectivity index (χ3n) is 3.24. The van der Waals surface area contributed by atoms with Crippen molar-refractivity contribution in [3.63, 3.8) is 0 Å². The minimum Gasteiger partial charge on any atom is -0.324 e. The Balaban J connectivity index is 2.16. The Morgan fingerprint density at radius 1 is 1.32 bits per heavy atom. The summed E-state index contributed by atoms with van der Waals surface area (Å²) in [5, 5.41) is 4.55. The average Bonchev–Trinajstić information content (AvgIpc) is 2.81. The third-order valence-corrected chi connectivity index (χ3v) is 4.33. The second-order valence-corrected chi connectivity index (χ2v) is 5.96. The van der Waals surface area contributed by atoms with Gasteiger partial charge < -0.3 is 5.73 Å². The van der Waals surface area contributed by atoms with E-state index in [0.717, 1.165) is 22.2 Å². The normalized spacial score (nSPS) is 12.9. The van der Waals surface area contributed by atoms with Crippen LogP contribution >= 0.6 is 15.9 Å². The standard InChI is InChI=1S/C15H20BrN3/c1-10(2)19-8-7-12(18-19)9-14(17)13-6-4-5-11(3)15(13)16/h4-8,10,14H,9,17H2,1-3H3. The number of aryl methyl sites for hydroxylation is 1. The maximum atomic E-state index is 6.30. The van der Waals surface area contributed by atoms with Crippen molar-refractivity contribution >= 4 is 15.9 Å². The van der Waals surface area contributed by atoms with E-state index in [0.29, 0.717) is 6.04 Å². The molecule has 0 saturated carbocycles. The predicted octanol–water partition coefficient (Wildman–Crippen LogP) is 3.78. The Bertz CT molecular complexity index is 560. The molecule has 1 aromatic heterocycles. The molecule has 0 radical (unpaired) electrons. The van der Waals surface area contributed by atoms with Crippen molar-refractivity contribution in [3.05, 3.63) is 51.8 Å². The molecule has 0 fully saturated rings. The first kappa shape index (κ1) is 14.3. The highest BCUT2D eigenvalue weighted by molar-refractivity contribution is 9.10. The van der Waals surface area contributed by atoms with Crippen LogP contribution < -0.4 is 5.73 Å². The zero-order chi connectivity index (χ0) is 14.0. The fourth-order valence-electron chi connectivity index (χ4n) is 2.07. The minimum absolute atomic E-state index is 0.0372. The zero-order valence-electron chi connectivity index (χ0n) is 11.6. The highest BCUT2D eigenvalue weighted by atomic mass is 79.9. The van der Waals surface area contributed by atoms with Crippen LogP contribution in [0.1, 0.15) is 42.8 Å². The number of rotatable bonds is 4. The molecule has 0 saturated heterocycles. The van der Waals surface area contributed by atoms with Crippen LogP contribution in [0.3, 0.4) is 0 Å². The molecule has 1 unspecified atom stereocenters. The van der Waals surface area contributed by atoms with Gasteiger partial charge in [0.05, 0.1) is 5.69 Å². The smallest absolute Gasteiger partial charge is 0.0643 e. The summed E-state index contributed by atoms with van der Waals surface area (Å²) in [6.45, 7) is 6.31. The Hall–Kier alpha value is -1.13. The molecule has 1 heterocycles.